The summed E-state index contributed by atoms with van der Waals surface area (Å²) >= 11 is 0. The summed E-state index contributed by atoms with van der Waals surface area (Å²) in [6.45, 7) is 8.45. The fraction of sp³-hybridized carbons (Fsp3) is 0.522. The van der Waals surface area contributed by atoms with Crippen LogP contribution in [0.2, 0.25) is 0 Å². The highest BCUT2D eigenvalue weighted by Gasteiger charge is 2.29. The first-order valence-corrected chi connectivity index (χ1v) is 11.2. The van der Waals surface area contributed by atoms with E-state index in [1.807, 2.05) is 6.92 Å². The lowest BCUT2D eigenvalue weighted by molar-refractivity contribution is -0.148. The van der Waals surface area contributed by atoms with Gasteiger partial charge >= 0.3 is 5.97 Å². The number of hydrogen-bond acceptors (Lipinski definition) is 8. The van der Waals surface area contributed by atoms with Gasteiger partial charge in [0.1, 0.15) is 12.0 Å². The number of ether oxygens (including phenoxy) is 1. The molecule has 0 amide bonds. The molecule has 166 valence electrons. The van der Waals surface area contributed by atoms with Crippen molar-refractivity contribution in [2.75, 3.05) is 61.4 Å². The Balaban J connectivity index is 1.36. The summed E-state index contributed by atoms with van der Waals surface area (Å²) in [4.78, 5) is 27.9. The van der Waals surface area contributed by atoms with E-state index in [-0.39, 0.29) is 11.9 Å². The molecule has 0 aliphatic carbocycles. The Bertz CT molecular complexity index is 862. The molecular formula is C23H32N6O2. The van der Waals surface area contributed by atoms with Crippen LogP contribution in [0.3, 0.4) is 0 Å². The van der Waals surface area contributed by atoms with Crippen molar-refractivity contribution in [3.63, 3.8) is 0 Å². The molecule has 2 saturated heterocycles. The van der Waals surface area contributed by atoms with E-state index < -0.39 is 0 Å². The highest BCUT2D eigenvalue weighted by molar-refractivity contribution is 5.77. The number of piperidine rings is 1. The van der Waals surface area contributed by atoms with Gasteiger partial charge in [-0.2, -0.15) is 0 Å². The third kappa shape index (κ3) is 5.07. The number of rotatable bonds is 6. The van der Waals surface area contributed by atoms with Crippen LogP contribution in [0, 0.1) is 5.92 Å². The lowest BCUT2D eigenvalue weighted by Gasteiger charge is -2.37. The lowest BCUT2D eigenvalue weighted by Crippen LogP contribution is -2.46. The molecule has 8 nitrogen and oxygen atoms in total. The van der Waals surface area contributed by atoms with E-state index in [0.717, 1.165) is 70.3 Å². The molecule has 1 aromatic heterocycles. The van der Waals surface area contributed by atoms with E-state index in [1.165, 1.54) is 5.56 Å². The zero-order valence-corrected chi connectivity index (χ0v) is 18.2. The third-order valence-electron chi connectivity index (χ3n) is 6.18. The summed E-state index contributed by atoms with van der Waals surface area (Å²) in [6.07, 6.45) is 3.13. The van der Waals surface area contributed by atoms with E-state index >= 15 is 0 Å². The van der Waals surface area contributed by atoms with Crippen LogP contribution in [-0.2, 0) is 16.1 Å². The minimum atomic E-state index is -0.0909. The van der Waals surface area contributed by atoms with Gasteiger partial charge < -0.3 is 20.3 Å². The van der Waals surface area contributed by atoms with Gasteiger partial charge in [0.25, 0.3) is 0 Å². The lowest BCUT2D eigenvalue weighted by atomic mass is 9.97. The van der Waals surface area contributed by atoms with E-state index in [1.54, 1.807) is 6.33 Å². The fourth-order valence-corrected chi connectivity index (χ4v) is 4.43. The summed E-state index contributed by atoms with van der Waals surface area (Å²) < 4.78 is 5.17. The zero-order valence-electron chi connectivity index (χ0n) is 18.2. The summed E-state index contributed by atoms with van der Waals surface area (Å²) in [5.74, 6) is 1.47. The smallest absolute Gasteiger partial charge is 0.309 e. The summed E-state index contributed by atoms with van der Waals surface area (Å²) in [5, 5.41) is 0. The third-order valence-corrected chi connectivity index (χ3v) is 6.18. The second-order valence-corrected chi connectivity index (χ2v) is 8.20. The van der Waals surface area contributed by atoms with Crippen molar-refractivity contribution >= 4 is 23.3 Å². The number of carbonyl (C=O) groups is 1. The largest absolute Gasteiger partial charge is 0.466 e. The number of aromatic nitrogens is 2. The molecule has 2 aliphatic heterocycles. The Morgan fingerprint density at radius 1 is 1.00 bits per heavy atom. The van der Waals surface area contributed by atoms with Crippen molar-refractivity contribution in [2.45, 2.75) is 26.3 Å². The van der Waals surface area contributed by atoms with E-state index in [0.29, 0.717) is 12.3 Å². The predicted octanol–water partition coefficient (Wildman–Crippen LogP) is 2.16. The maximum atomic E-state index is 12.0. The average Bonchev–Trinajstić information content (AvgIpc) is 2.81. The molecule has 2 N–H and O–H groups in total. The summed E-state index contributed by atoms with van der Waals surface area (Å²) in [6, 6.07) is 10.6. The zero-order chi connectivity index (χ0) is 21.6. The Morgan fingerprint density at radius 3 is 2.23 bits per heavy atom. The standard InChI is InChI=1S/C23H32N6O2/c1-2-31-23(30)19-8-10-28(11-9-19)21-20(24)22(26-17-25-21)29-14-12-27(13-15-29)16-18-6-4-3-5-7-18/h3-7,17,19H,2,8-16,24H2,1H3. The number of nitrogen functional groups attached to an aromatic ring is 1. The van der Waals surface area contributed by atoms with Crippen molar-refractivity contribution in [1.29, 1.82) is 0 Å². The van der Waals surface area contributed by atoms with Crippen molar-refractivity contribution in [2.24, 2.45) is 5.92 Å². The van der Waals surface area contributed by atoms with Crippen LogP contribution in [-0.4, -0.2) is 66.7 Å². The molecule has 4 rings (SSSR count). The molecule has 0 saturated carbocycles. The van der Waals surface area contributed by atoms with Gasteiger partial charge in [0.2, 0.25) is 0 Å². The van der Waals surface area contributed by atoms with Gasteiger partial charge in [0.15, 0.2) is 11.6 Å². The van der Waals surface area contributed by atoms with Gasteiger partial charge in [-0.3, -0.25) is 9.69 Å². The molecule has 3 heterocycles. The number of benzene rings is 1. The normalized spacial score (nSPS) is 18.2. The van der Waals surface area contributed by atoms with Crippen LogP contribution >= 0.6 is 0 Å². The van der Waals surface area contributed by atoms with Gasteiger partial charge in [-0.15, -0.1) is 0 Å². The highest BCUT2D eigenvalue weighted by atomic mass is 16.5. The van der Waals surface area contributed by atoms with Crippen LogP contribution in [0.4, 0.5) is 17.3 Å². The van der Waals surface area contributed by atoms with Crippen LogP contribution < -0.4 is 15.5 Å². The monoisotopic (exact) mass is 424 g/mol. The predicted molar refractivity (Wildman–Crippen MR) is 122 cm³/mol. The molecule has 0 radical (unpaired) electrons. The molecule has 2 aromatic rings. The highest BCUT2D eigenvalue weighted by Crippen LogP contribution is 2.32. The van der Waals surface area contributed by atoms with Gasteiger partial charge in [0, 0.05) is 45.8 Å². The van der Waals surface area contributed by atoms with Gasteiger partial charge in [-0.05, 0) is 25.3 Å². The maximum Gasteiger partial charge on any atom is 0.309 e. The quantitative estimate of drug-likeness (QED) is 0.706. The molecule has 0 spiro atoms. The Kier molecular flexibility index (Phi) is 6.86. The Labute approximate surface area is 184 Å². The fourth-order valence-electron chi connectivity index (χ4n) is 4.43. The number of nitrogens with two attached hydrogens (primary N) is 1. The van der Waals surface area contributed by atoms with Gasteiger partial charge in [-0.25, -0.2) is 9.97 Å². The summed E-state index contributed by atoms with van der Waals surface area (Å²) in [5.41, 5.74) is 8.50. The van der Waals surface area contributed by atoms with Gasteiger partial charge in [-0.1, -0.05) is 30.3 Å². The molecule has 2 aliphatic rings. The molecule has 8 heteroatoms. The second-order valence-electron chi connectivity index (χ2n) is 8.20. The minimum absolute atomic E-state index is 0.0311. The first-order valence-electron chi connectivity index (χ1n) is 11.2. The first kappa shape index (κ1) is 21.4. The maximum absolute atomic E-state index is 12.0. The topological polar surface area (TPSA) is 87.8 Å². The summed E-state index contributed by atoms with van der Waals surface area (Å²) in [7, 11) is 0. The first-order chi connectivity index (χ1) is 15.2. The van der Waals surface area contributed by atoms with Crippen molar-refractivity contribution in [3.8, 4) is 0 Å². The number of hydrogen-bond donors (Lipinski definition) is 1. The minimum Gasteiger partial charge on any atom is -0.466 e. The van der Waals surface area contributed by atoms with Crippen molar-refractivity contribution in [3.05, 3.63) is 42.2 Å². The second kappa shape index (κ2) is 9.96. The van der Waals surface area contributed by atoms with E-state index in [9.17, 15) is 4.79 Å². The van der Waals surface area contributed by atoms with Crippen LogP contribution in [0.1, 0.15) is 25.3 Å². The van der Waals surface area contributed by atoms with Crippen LogP contribution in [0.15, 0.2) is 36.7 Å². The van der Waals surface area contributed by atoms with Gasteiger partial charge in [0.05, 0.1) is 12.5 Å². The molecule has 0 unspecified atom stereocenters. The van der Waals surface area contributed by atoms with Crippen LogP contribution in [0.25, 0.3) is 0 Å². The molecule has 0 bridgehead atoms. The average molecular weight is 425 g/mol. The molecule has 2 fully saturated rings. The number of piperazine rings is 1. The Hall–Kier alpha value is -2.87. The van der Waals surface area contributed by atoms with E-state index in [2.05, 4.69) is 55.0 Å². The molecular weight excluding hydrogens is 392 g/mol. The number of carbonyl (C=O) groups excluding carboxylic acids is 1. The SMILES string of the molecule is CCOC(=O)C1CCN(c2ncnc(N3CCN(Cc4ccccc4)CC3)c2N)CC1. The van der Waals surface area contributed by atoms with E-state index in [4.69, 9.17) is 10.5 Å². The number of esters is 1. The number of nitrogens with zero attached hydrogens (tertiary/aromatic N) is 5. The van der Waals surface area contributed by atoms with Crippen molar-refractivity contribution < 1.29 is 9.53 Å². The Morgan fingerprint density at radius 2 is 1.61 bits per heavy atom. The number of anilines is 3. The molecule has 0 atom stereocenters. The molecule has 1 aromatic carbocycles. The van der Waals surface area contributed by atoms with Crippen molar-refractivity contribution in [1.82, 2.24) is 14.9 Å². The van der Waals surface area contributed by atoms with Crippen LogP contribution in [0.5, 0.6) is 0 Å². The molecule has 31 heavy (non-hydrogen) atoms.